The molecule has 0 fully saturated rings. The van der Waals surface area contributed by atoms with Crippen LogP contribution in [0.3, 0.4) is 0 Å². The van der Waals surface area contributed by atoms with E-state index in [-0.39, 0.29) is 17.4 Å². The van der Waals surface area contributed by atoms with Crippen molar-refractivity contribution in [2.24, 2.45) is 5.41 Å². The third-order valence-electron chi connectivity index (χ3n) is 3.16. The van der Waals surface area contributed by atoms with E-state index in [1.54, 1.807) is 20.8 Å². The Balaban J connectivity index is 2.81. The van der Waals surface area contributed by atoms with E-state index in [0.717, 1.165) is 18.2 Å². The molecule has 11 nitrogen and oxygen atoms in total. The molecule has 0 saturated carbocycles. The smallest absolute Gasteiger partial charge is 0.408 e. The lowest BCUT2D eigenvalue weighted by Crippen LogP contribution is -2.43. The minimum Gasteiger partial charge on any atom is -0.480 e. The first kappa shape index (κ1) is 20.8. The summed E-state index contributed by atoms with van der Waals surface area (Å²) in [5.41, 5.74) is -1.37. The summed E-state index contributed by atoms with van der Waals surface area (Å²) in [6, 6.07) is 1.67. The number of benzene rings is 1. The Morgan fingerprint density at radius 2 is 1.65 bits per heavy atom. The van der Waals surface area contributed by atoms with Gasteiger partial charge in [0, 0.05) is 17.7 Å². The lowest BCUT2D eigenvalue weighted by Gasteiger charge is -2.23. The van der Waals surface area contributed by atoms with E-state index in [9.17, 15) is 29.8 Å². The Morgan fingerprint density at radius 1 is 1.15 bits per heavy atom. The van der Waals surface area contributed by atoms with Gasteiger partial charge in [0.15, 0.2) is 0 Å². The Kier molecular flexibility index (Phi) is 6.58. The Hall–Kier alpha value is -3.24. The van der Waals surface area contributed by atoms with Crippen LogP contribution >= 0.6 is 0 Å². The second-order valence-corrected chi connectivity index (χ2v) is 6.75. The molecule has 1 aromatic carbocycles. The molecule has 0 unspecified atom stereocenters. The van der Waals surface area contributed by atoms with Gasteiger partial charge in [-0.05, 0) is 11.8 Å². The van der Waals surface area contributed by atoms with Gasteiger partial charge in [-0.3, -0.25) is 20.2 Å². The molecule has 0 saturated heterocycles. The number of carbonyl (C=O) groups is 2. The van der Waals surface area contributed by atoms with Gasteiger partial charge in [0.25, 0.3) is 11.4 Å². The van der Waals surface area contributed by atoms with Crippen LogP contribution in [0.25, 0.3) is 0 Å². The van der Waals surface area contributed by atoms with Crippen molar-refractivity contribution in [1.82, 2.24) is 5.32 Å². The SMILES string of the molecule is CC(C)(C)C[C@@H](NC(=O)OCc1cc([N+](=O)[O-])cc([N+](=O)[O-])c1)C(=O)O. The topological polar surface area (TPSA) is 162 Å². The highest BCUT2D eigenvalue weighted by molar-refractivity contribution is 5.79. The van der Waals surface area contributed by atoms with Crippen LogP contribution in [0.2, 0.25) is 0 Å². The maximum Gasteiger partial charge on any atom is 0.408 e. The number of ether oxygens (including phenoxy) is 1. The largest absolute Gasteiger partial charge is 0.480 e. The number of aliphatic carboxylic acids is 1. The quantitative estimate of drug-likeness (QED) is 0.547. The molecule has 0 spiro atoms. The molecule has 0 radical (unpaired) electrons. The van der Waals surface area contributed by atoms with Crippen molar-refractivity contribution in [3.8, 4) is 0 Å². The second-order valence-electron chi connectivity index (χ2n) is 6.75. The van der Waals surface area contributed by atoms with Crippen molar-refractivity contribution in [3.63, 3.8) is 0 Å². The Bertz CT molecular complexity index is 694. The third kappa shape index (κ3) is 6.71. The van der Waals surface area contributed by atoms with Gasteiger partial charge in [-0.25, -0.2) is 9.59 Å². The molecular weight excluding hydrogens is 350 g/mol. The molecule has 1 rings (SSSR count). The molecule has 1 atom stereocenters. The molecule has 0 bridgehead atoms. The number of nitrogens with one attached hydrogen (secondary N) is 1. The van der Waals surface area contributed by atoms with Crippen LogP contribution in [0.1, 0.15) is 32.8 Å². The molecule has 0 aliphatic rings. The number of carboxylic acid groups (broad SMARTS) is 1. The first-order chi connectivity index (χ1) is 11.9. The molecule has 11 heteroatoms. The number of nitro groups is 2. The molecule has 2 N–H and O–H groups in total. The maximum atomic E-state index is 11.8. The number of carbonyl (C=O) groups excluding carboxylic acids is 1. The Labute approximate surface area is 148 Å². The minimum atomic E-state index is -1.23. The molecule has 1 amide bonds. The summed E-state index contributed by atoms with van der Waals surface area (Å²) in [7, 11) is 0. The minimum absolute atomic E-state index is 0.0312. The fourth-order valence-corrected chi connectivity index (χ4v) is 2.10. The molecular formula is C15H19N3O8. The summed E-state index contributed by atoms with van der Waals surface area (Å²) in [5, 5.41) is 33.0. The summed E-state index contributed by atoms with van der Waals surface area (Å²) < 4.78 is 4.83. The normalized spacial score (nSPS) is 12.1. The fraction of sp³-hybridized carbons (Fsp3) is 0.467. The van der Waals surface area contributed by atoms with Crippen molar-refractivity contribution in [1.29, 1.82) is 0 Å². The van der Waals surface area contributed by atoms with Crippen molar-refractivity contribution >= 4 is 23.4 Å². The molecule has 26 heavy (non-hydrogen) atoms. The number of nitro benzene ring substituents is 2. The monoisotopic (exact) mass is 369 g/mol. The van der Waals surface area contributed by atoms with E-state index in [4.69, 9.17) is 9.84 Å². The van der Waals surface area contributed by atoms with Crippen LogP contribution in [0.15, 0.2) is 18.2 Å². The summed E-state index contributed by atoms with van der Waals surface area (Å²) >= 11 is 0. The van der Waals surface area contributed by atoms with Crippen LogP contribution in [0, 0.1) is 25.6 Å². The number of amides is 1. The predicted molar refractivity (Wildman–Crippen MR) is 88.6 cm³/mol. The summed E-state index contributed by atoms with van der Waals surface area (Å²) in [5.74, 6) is -1.23. The van der Waals surface area contributed by atoms with Gasteiger partial charge in [-0.1, -0.05) is 20.8 Å². The number of hydrogen-bond acceptors (Lipinski definition) is 7. The van der Waals surface area contributed by atoms with Crippen molar-refractivity contribution in [2.45, 2.75) is 39.8 Å². The van der Waals surface area contributed by atoms with Crippen LogP contribution in [0.5, 0.6) is 0 Å². The number of rotatable bonds is 7. The van der Waals surface area contributed by atoms with E-state index in [1.165, 1.54) is 0 Å². The highest BCUT2D eigenvalue weighted by atomic mass is 16.6. The van der Waals surface area contributed by atoms with Crippen LogP contribution in [0.4, 0.5) is 16.2 Å². The van der Waals surface area contributed by atoms with Gasteiger partial charge in [-0.2, -0.15) is 0 Å². The average molecular weight is 369 g/mol. The van der Waals surface area contributed by atoms with E-state index < -0.39 is 45.9 Å². The zero-order valence-corrected chi connectivity index (χ0v) is 14.4. The molecule has 0 heterocycles. The lowest BCUT2D eigenvalue weighted by atomic mass is 9.88. The highest BCUT2D eigenvalue weighted by Gasteiger charge is 2.26. The number of hydrogen-bond donors (Lipinski definition) is 2. The first-order valence-corrected chi connectivity index (χ1v) is 7.48. The lowest BCUT2D eigenvalue weighted by molar-refractivity contribution is -0.394. The number of carboxylic acids is 1. The first-order valence-electron chi connectivity index (χ1n) is 7.48. The predicted octanol–water partition coefficient (Wildman–Crippen LogP) is 2.62. The third-order valence-corrected chi connectivity index (χ3v) is 3.16. The second kappa shape index (κ2) is 8.23. The van der Waals surface area contributed by atoms with E-state index >= 15 is 0 Å². The standard InChI is InChI=1S/C15H19N3O8/c1-15(2,3)7-12(13(19)20)16-14(21)26-8-9-4-10(17(22)23)6-11(5-9)18(24)25/h4-6,12H,7-8H2,1-3H3,(H,16,21)(H,19,20)/t12-/m1/s1. The van der Waals surface area contributed by atoms with Crippen molar-refractivity contribution in [2.75, 3.05) is 0 Å². The van der Waals surface area contributed by atoms with Crippen LogP contribution in [-0.2, 0) is 16.1 Å². The summed E-state index contributed by atoms with van der Waals surface area (Å²) in [6.45, 7) is 4.92. The molecule has 0 aromatic heterocycles. The average Bonchev–Trinajstić information content (AvgIpc) is 2.50. The molecule has 1 aromatic rings. The van der Waals surface area contributed by atoms with Gasteiger partial charge >= 0.3 is 12.1 Å². The zero-order chi connectivity index (χ0) is 20.1. The van der Waals surface area contributed by atoms with Crippen LogP contribution in [-0.4, -0.2) is 33.1 Å². The van der Waals surface area contributed by atoms with E-state index in [2.05, 4.69) is 5.32 Å². The van der Waals surface area contributed by atoms with Gasteiger partial charge in [0.2, 0.25) is 0 Å². The van der Waals surface area contributed by atoms with E-state index in [0.29, 0.717) is 0 Å². The van der Waals surface area contributed by atoms with Crippen LogP contribution < -0.4 is 5.32 Å². The number of nitrogens with zero attached hydrogens (tertiary/aromatic N) is 2. The van der Waals surface area contributed by atoms with Gasteiger partial charge < -0.3 is 15.2 Å². The zero-order valence-electron chi connectivity index (χ0n) is 14.4. The van der Waals surface area contributed by atoms with Crippen molar-refractivity contribution < 1.29 is 29.3 Å². The van der Waals surface area contributed by atoms with E-state index in [1.807, 2.05) is 0 Å². The highest BCUT2D eigenvalue weighted by Crippen LogP contribution is 2.23. The summed E-state index contributed by atoms with van der Waals surface area (Å²) in [4.78, 5) is 43.0. The van der Waals surface area contributed by atoms with Crippen molar-refractivity contribution in [3.05, 3.63) is 44.0 Å². The molecule has 0 aliphatic carbocycles. The number of non-ortho nitro benzene ring substituents is 2. The molecule has 0 aliphatic heterocycles. The van der Waals surface area contributed by atoms with Gasteiger partial charge in [0.05, 0.1) is 15.9 Å². The summed E-state index contributed by atoms with van der Waals surface area (Å²) in [6.07, 6.45) is -0.893. The fourth-order valence-electron chi connectivity index (χ4n) is 2.10. The number of alkyl carbamates (subject to hydrolysis) is 1. The molecule has 142 valence electrons. The maximum absolute atomic E-state index is 11.8. The Morgan fingerprint density at radius 3 is 2.04 bits per heavy atom. The van der Waals surface area contributed by atoms with Gasteiger partial charge in [0.1, 0.15) is 12.6 Å². The van der Waals surface area contributed by atoms with Gasteiger partial charge in [-0.15, -0.1) is 0 Å².